The minimum absolute atomic E-state index is 0.0452. The molecule has 0 aliphatic heterocycles. The zero-order valence-electron chi connectivity index (χ0n) is 10.3. The van der Waals surface area contributed by atoms with Crippen LogP contribution in [0.1, 0.15) is 15.9 Å². The molecular weight excluding hydrogens is 262 g/mol. The maximum atomic E-state index is 10.9. The van der Waals surface area contributed by atoms with Gasteiger partial charge in [-0.1, -0.05) is 30.3 Å². The zero-order chi connectivity index (χ0) is 14.5. The summed E-state index contributed by atoms with van der Waals surface area (Å²) in [5.41, 5.74) is 0.355. The monoisotopic (exact) mass is 273 g/mol. The maximum absolute atomic E-state index is 10.9. The van der Waals surface area contributed by atoms with Gasteiger partial charge in [-0.05, 0) is 5.56 Å². The molecule has 2 rings (SSSR count). The number of anilines is 1. The standard InChI is InChI=1S/C13H11N3O4/c17-13(18)10-6-11(16(19)20)12(15-8-10)14-7-9-4-2-1-3-5-9/h1-6,8H,7H2,(H,14,15)(H,17,18). The van der Waals surface area contributed by atoms with E-state index in [2.05, 4.69) is 10.3 Å². The number of nitrogens with zero attached hydrogens (tertiary/aromatic N) is 2. The van der Waals surface area contributed by atoms with Gasteiger partial charge in [0.15, 0.2) is 0 Å². The summed E-state index contributed by atoms with van der Waals surface area (Å²) in [5, 5.41) is 22.6. The molecule has 0 aliphatic carbocycles. The van der Waals surface area contributed by atoms with Gasteiger partial charge in [0.1, 0.15) is 0 Å². The van der Waals surface area contributed by atoms with Crippen molar-refractivity contribution in [2.24, 2.45) is 0 Å². The number of nitro groups is 1. The molecule has 0 bridgehead atoms. The molecule has 0 unspecified atom stereocenters. The highest BCUT2D eigenvalue weighted by atomic mass is 16.6. The molecule has 0 fully saturated rings. The number of carbonyl (C=O) groups is 1. The number of hydrogen-bond acceptors (Lipinski definition) is 5. The van der Waals surface area contributed by atoms with Gasteiger partial charge in [-0.15, -0.1) is 0 Å². The molecule has 7 heteroatoms. The van der Waals surface area contributed by atoms with Crippen LogP contribution in [0.2, 0.25) is 0 Å². The van der Waals surface area contributed by atoms with Crippen molar-refractivity contribution < 1.29 is 14.8 Å². The van der Waals surface area contributed by atoms with Crippen LogP contribution in [-0.2, 0) is 6.54 Å². The first kappa shape index (κ1) is 13.5. The molecule has 0 spiro atoms. The highest BCUT2D eigenvalue weighted by Crippen LogP contribution is 2.23. The molecule has 20 heavy (non-hydrogen) atoms. The molecule has 7 nitrogen and oxygen atoms in total. The van der Waals surface area contributed by atoms with Gasteiger partial charge in [-0.2, -0.15) is 0 Å². The fourth-order valence-corrected chi connectivity index (χ4v) is 1.63. The fourth-order valence-electron chi connectivity index (χ4n) is 1.63. The van der Waals surface area contributed by atoms with Gasteiger partial charge >= 0.3 is 11.7 Å². The topological polar surface area (TPSA) is 105 Å². The Morgan fingerprint density at radius 3 is 2.65 bits per heavy atom. The molecule has 102 valence electrons. The Kier molecular flexibility index (Phi) is 3.90. The number of benzene rings is 1. The van der Waals surface area contributed by atoms with E-state index in [-0.39, 0.29) is 17.1 Å². The number of aromatic carboxylic acids is 1. The summed E-state index contributed by atoms with van der Waals surface area (Å²) in [4.78, 5) is 24.9. The molecule has 1 aromatic heterocycles. The Bertz CT molecular complexity index is 643. The van der Waals surface area contributed by atoms with Crippen molar-refractivity contribution >= 4 is 17.5 Å². The molecular formula is C13H11N3O4. The van der Waals surface area contributed by atoms with Crippen LogP contribution in [0.5, 0.6) is 0 Å². The van der Waals surface area contributed by atoms with Crippen molar-refractivity contribution in [2.75, 3.05) is 5.32 Å². The predicted molar refractivity (Wildman–Crippen MR) is 71.6 cm³/mol. The van der Waals surface area contributed by atoms with E-state index in [9.17, 15) is 14.9 Å². The average Bonchev–Trinajstić information content (AvgIpc) is 2.45. The minimum atomic E-state index is -1.25. The van der Waals surface area contributed by atoms with E-state index in [4.69, 9.17) is 5.11 Å². The van der Waals surface area contributed by atoms with Gasteiger partial charge in [0.25, 0.3) is 0 Å². The first-order valence-electron chi connectivity index (χ1n) is 5.73. The Labute approximate surface area is 114 Å². The maximum Gasteiger partial charge on any atom is 0.337 e. The number of carboxylic acids is 1. The van der Waals surface area contributed by atoms with E-state index >= 15 is 0 Å². The zero-order valence-corrected chi connectivity index (χ0v) is 10.3. The fraction of sp³-hybridized carbons (Fsp3) is 0.0769. The summed E-state index contributed by atoms with van der Waals surface area (Å²) in [7, 11) is 0. The minimum Gasteiger partial charge on any atom is -0.478 e. The SMILES string of the molecule is O=C(O)c1cnc(NCc2ccccc2)c([N+](=O)[O-])c1. The number of carboxylic acid groups (broad SMARTS) is 1. The quantitative estimate of drug-likeness (QED) is 0.639. The second-order valence-corrected chi connectivity index (χ2v) is 3.99. The summed E-state index contributed by atoms with van der Waals surface area (Å²) in [6.07, 6.45) is 1.09. The van der Waals surface area contributed by atoms with Gasteiger partial charge in [0.2, 0.25) is 5.82 Å². The lowest BCUT2D eigenvalue weighted by atomic mass is 10.2. The molecule has 1 aromatic carbocycles. The van der Waals surface area contributed by atoms with Gasteiger partial charge in [0.05, 0.1) is 10.5 Å². The predicted octanol–water partition coefficient (Wildman–Crippen LogP) is 2.30. The summed E-state index contributed by atoms with van der Waals surface area (Å²) in [6.45, 7) is 0.362. The number of pyridine rings is 1. The van der Waals surface area contributed by atoms with E-state index < -0.39 is 10.9 Å². The molecule has 0 saturated heterocycles. The Balaban J connectivity index is 2.23. The first-order chi connectivity index (χ1) is 9.58. The van der Waals surface area contributed by atoms with Crippen LogP contribution in [0.4, 0.5) is 11.5 Å². The van der Waals surface area contributed by atoms with Crippen LogP contribution in [0.25, 0.3) is 0 Å². The number of rotatable bonds is 5. The van der Waals surface area contributed by atoms with Crippen molar-refractivity contribution in [2.45, 2.75) is 6.54 Å². The van der Waals surface area contributed by atoms with Crippen molar-refractivity contribution in [1.29, 1.82) is 0 Å². The summed E-state index contributed by atoms with van der Waals surface area (Å²) in [6, 6.07) is 10.3. The van der Waals surface area contributed by atoms with Crippen molar-refractivity contribution in [1.82, 2.24) is 4.98 Å². The van der Waals surface area contributed by atoms with Crippen LogP contribution >= 0.6 is 0 Å². The molecule has 1 heterocycles. The second kappa shape index (κ2) is 5.79. The van der Waals surface area contributed by atoms with E-state index in [1.54, 1.807) is 0 Å². The molecule has 0 aliphatic rings. The number of hydrogen-bond donors (Lipinski definition) is 2. The Morgan fingerprint density at radius 2 is 2.05 bits per heavy atom. The van der Waals surface area contributed by atoms with Crippen molar-refractivity contribution in [3.8, 4) is 0 Å². The smallest absolute Gasteiger partial charge is 0.337 e. The number of nitrogens with one attached hydrogen (secondary N) is 1. The lowest BCUT2D eigenvalue weighted by Gasteiger charge is -2.06. The molecule has 0 amide bonds. The highest BCUT2D eigenvalue weighted by molar-refractivity contribution is 5.88. The normalized spacial score (nSPS) is 10.0. The van der Waals surface area contributed by atoms with E-state index in [0.29, 0.717) is 6.54 Å². The summed E-state index contributed by atoms with van der Waals surface area (Å²) in [5.74, 6) is -1.21. The average molecular weight is 273 g/mol. The van der Waals surface area contributed by atoms with E-state index in [1.165, 1.54) is 0 Å². The third kappa shape index (κ3) is 3.08. The molecule has 2 aromatic rings. The van der Waals surface area contributed by atoms with Crippen molar-refractivity contribution in [3.05, 3.63) is 63.8 Å². The van der Waals surface area contributed by atoms with Crippen LogP contribution in [-0.4, -0.2) is 21.0 Å². The Hall–Kier alpha value is -2.96. The first-order valence-corrected chi connectivity index (χ1v) is 5.73. The van der Waals surface area contributed by atoms with Crippen LogP contribution in [0.3, 0.4) is 0 Å². The van der Waals surface area contributed by atoms with Gasteiger partial charge in [0, 0.05) is 18.8 Å². The lowest BCUT2D eigenvalue weighted by molar-refractivity contribution is -0.384. The van der Waals surface area contributed by atoms with Crippen molar-refractivity contribution in [3.63, 3.8) is 0 Å². The van der Waals surface area contributed by atoms with E-state index in [0.717, 1.165) is 17.8 Å². The van der Waals surface area contributed by atoms with Gasteiger partial charge in [-0.3, -0.25) is 10.1 Å². The summed E-state index contributed by atoms with van der Waals surface area (Å²) >= 11 is 0. The largest absolute Gasteiger partial charge is 0.478 e. The number of aromatic nitrogens is 1. The second-order valence-electron chi connectivity index (χ2n) is 3.99. The van der Waals surface area contributed by atoms with E-state index in [1.807, 2.05) is 30.3 Å². The highest BCUT2D eigenvalue weighted by Gasteiger charge is 2.18. The third-order valence-electron chi connectivity index (χ3n) is 2.61. The molecule has 0 radical (unpaired) electrons. The van der Waals surface area contributed by atoms with Gasteiger partial charge < -0.3 is 10.4 Å². The summed E-state index contributed by atoms with van der Waals surface area (Å²) < 4.78 is 0. The Morgan fingerprint density at radius 1 is 1.35 bits per heavy atom. The third-order valence-corrected chi connectivity index (χ3v) is 2.61. The molecule has 2 N–H and O–H groups in total. The lowest BCUT2D eigenvalue weighted by Crippen LogP contribution is -2.07. The van der Waals surface area contributed by atoms with Crippen LogP contribution < -0.4 is 5.32 Å². The molecule has 0 saturated carbocycles. The van der Waals surface area contributed by atoms with Gasteiger partial charge in [-0.25, -0.2) is 9.78 Å². The molecule has 0 atom stereocenters. The van der Waals surface area contributed by atoms with Crippen LogP contribution in [0.15, 0.2) is 42.6 Å². The van der Waals surface area contributed by atoms with Crippen LogP contribution in [0, 0.1) is 10.1 Å².